The van der Waals surface area contributed by atoms with E-state index in [1.807, 2.05) is 41.8 Å². The number of methoxy groups -OCH3 is 2. The molecule has 1 heterocycles. The molecule has 0 aliphatic rings. The van der Waals surface area contributed by atoms with Crippen LogP contribution in [0.2, 0.25) is 0 Å². The number of esters is 1. The first-order valence-electron chi connectivity index (χ1n) is 7.00. The normalized spacial score (nSPS) is 10.3. The second-order valence-electron chi connectivity index (χ2n) is 4.84. The molecule has 2 aromatic carbocycles. The molecule has 23 heavy (non-hydrogen) atoms. The molecule has 0 atom stereocenters. The molecule has 0 radical (unpaired) electrons. The van der Waals surface area contributed by atoms with Crippen LogP contribution in [0, 0.1) is 0 Å². The number of hydrogen-bond acceptors (Lipinski definition) is 5. The van der Waals surface area contributed by atoms with Crippen LogP contribution in [-0.4, -0.2) is 25.2 Å². The number of hydrogen-bond donors (Lipinski definition) is 0. The van der Waals surface area contributed by atoms with E-state index >= 15 is 0 Å². The molecule has 3 rings (SSSR count). The van der Waals surface area contributed by atoms with E-state index in [9.17, 15) is 4.79 Å². The molecule has 0 fully saturated rings. The summed E-state index contributed by atoms with van der Waals surface area (Å²) >= 11 is 1.54. The summed E-state index contributed by atoms with van der Waals surface area (Å²) < 4.78 is 9.92. The van der Waals surface area contributed by atoms with Crippen LogP contribution in [-0.2, 0) is 4.74 Å². The predicted octanol–water partition coefficient (Wildman–Crippen LogP) is 4.27. The molecule has 1 aromatic heterocycles. The van der Waals surface area contributed by atoms with Crippen molar-refractivity contribution in [2.24, 2.45) is 0 Å². The third-order valence-electron chi connectivity index (χ3n) is 3.42. The van der Waals surface area contributed by atoms with Crippen molar-refractivity contribution in [1.29, 1.82) is 0 Å². The number of ether oxygens (including phenoxy) is 2. The van der Waals surface area contributed by atoms with E-state index in [0.29, 0.717) is 5.56 Å². The van der Waals surface area contributed by atoms with E-state index in [4.69, 9.17) is 9.47 Å². The number of thiazole rings is 1. The van der Waals surface area contributed by atoms with E-state index < -0.39 is 0 Å². The number of aromatic nitrogens is 1. The first-order valence-corrected chi connectivity index (χ1v) is 7.88. The number of benzene rings is 2. The Morgan fingerprint density at radius 2 is 1.83 bits per heavy atom. The van der Waals surface area contributed by atoms with Crippen molar-refractivity contribution in [2.45, 2.75) is 0 Å². The SMILES string of the molecule is COC(=O)c1cccc(-c2nc(-c3ccc(OC)cc3)cs2)c1. The molecular formula is C18H15NO3S. The highest BCUT2D eigenvalue weighted by Crippen LogP contribution is 2.30. The predicted molar refractivity (Wildman–Crippen MR) is 90.9 cm³/mol. The molecule has 4 nitrogen and oxygen atoms in total. The van der Waals surface area contributed by atoms with Gasteiger partial charge in [0.15, 0.2) is 0 Å². The first kappa shape index (κ1) is 15.2. The van der Waals surface area contributed by atoms with Crippen LogP contribution in [0.15, 0.2) is 53.9 Å². The Morgan fingerprint density at radius 1 is 1.04 bits per heavy atom. The summed E-state index contributed by atoms with van der Waals surface area (Å²) in [6.07, 6.45) is 0. The van der Waals surface area contributed by atoms with Crippen molar-refractivity contribution in [3.05, 3.63) is 59.5 Å². The van der Waals surface area contributed by atoms with Gasteiger partial charge in [0.2, 0.25) is 0 Å². The zero-order valence-corrected chi connectivity index (χ0v) is 13.6. The highest BCUT2D eigenvalue weighted by molar-refractivity contribution is 7.13. The van der Waals surface area contributed by atoms with Gasteiger partial charge in [-0.2, -0.15) is 0 Å². The Hall–Kier alpha value is -2.66. The van der Waals surface area contributed by atoms with Gasteiger partial charge in [0.1, 0.15) is 10.8 Å². The van der Waals surface area contributed by atoms with Gasteiger partial charge in [-0.1, -0.05) is 12.1 Å². The Labute approximate surface area is 138 Å². The second kappa shape index (κ2) is 6.62. The fourth-order valence-electron chi connectivity index (χ4n) is 2.20. The summed E-state index contributed by atoms with van der Waals surface area (Å²) in [5.41, 5.74) is 3.34. The molecule has 0 saturated heterocycles. The van der Waals surface area contributed by atoms with Crippen LogP contribution in [0.5, 0.6) is 5.75 Å². The van der Waals surface area contributed by atoms with Gasteiger partial charge in [-0.25, -0.2) is 9.78 Å². The van der Waals surface area contributed by atoms with E-state index in [2.05, 4.69) is 4.98 Å². The highest BCUT2D eigenvalue weighted by Gasteiger charge is 2.10. The monoisotopic (exact) mass is 325 g/mol. The molecule has 3 aromatic rings. The van der Waals surface area contributed by atoms with Crippen molar-refractivity contribution in [3.8, 4) is 27.6 Å². The summed E-state index contributed by atoms with van der Waals surface area (Å²) in [6.45, 7) is 0. The summed E-state index contributed by atoms with van der Waals surface area (Å²) in [5.74, 6) is 0.466. The third kappa shape index (κ3) is 3.24. The lowest BCUT2D eigenvalue weighted by atomic mass is 10.1. The number of nitrogens with zero attached hydrogens (tertiary/aromatic N) is 1. The summed E-state index contributed by atoms with van der Waals surface area (Å²) in [7, 11) is 3.02. The van der Waals surface area contributed by atoms with Crippen molar-refractivity contribution in [1.82, 2.24) is 4.98 Å². The molecule has 0 amide bonds. The maximum Gasteiger partial charge on any atom is 0.337 e. The third-order valence-corrected chi connectivity index (χ3v) is 4.31. The molecular weight excluding hydrogens is 310 g/mol. The standard InChI is InChI=1S/C18H15NO3S/c1-21-15-8-6-12(7-9-15)16-11-23-17(19-16)13-4-3-5-14(10-13)18(20)22-2/h3-11H,1-2H3. The largest absolute Gasteiger partial charge is 0.497 e. The van der Waals surface area contributed by atoms with E-state index in [1.54, 1.807) is 30.6 Å². The fraction of sp³-hybridized carbons (Fsp3) is 0.111. The Kier molecular flexibility index (Phi) is 4.39. The smallest absolute Gasteiger partial charge is 0.337 e. The quantitative estimate of drug-likeness (QED) is 0.672. The zero-order chi connectivity index (χ0) is 16.2. The number of carbonyl (C=O) groups excluding carboxylic acids is 1. The Bertz CT molecular complexity index is 824. The van der Waals surface area contributed by atoms with Crippen molar-refractivity contribution in [3.63, 3.8) is 0 Å². The molecule has 0 aliphatic carbocycles. The topological polar surface area (TPSA) is 48.4 Å². The molecule has 116 valence electrons. The molecule has 5 heteroatoms. The first-order chi connectivity index (χ1) is 11.2. The maximum absolute atomic E-state index is 11.6. The second-order valence-corrected chi connectivity index (χ2v) is 5.70. The van der Waals surface area contributed by atoms with Crippen LogP contribution in [0.1, 0.15) is 10.4 Å². The van der Waals surface area contributed by atoms with E-state index in [0.717, 1.165) is 27.6 Å². The minimum atomic E-state index is -0.348. The lowest BCUT2D eigenvalue weighted by molar-refractivity contribution is 0.0601. The average molecular weight is 325 g/mol. The Balaban J connectivity index is 1.90. The van der Waals surface area contributed by atoms with Gasteiger partial charge in [0.25, 0.3) is 0 Å². The summed E-state index contributed by atoms with van der Waals surface area (Å²) in [4.78, 5) is 16.3. The van der Waals surface area contributed by atoms with Gasteiger partial charge < -0.3 is 9.47 Å². The van der Waals surface area contributed by atoms with Crippen molar-refractivity contribution >= 4 is 17.3 Å². The van der Waals surface area contributed by atoms with Gasteiger partial charge in [0.05, 0.1) is 25.5 Å². The Morgan fingerprint density at radius 3 is 2.52 bits per heavy atom. The minimum absolute atomic E-state index is 0.348. The summed E-state index contributed by atoms with van der Waals surface area (Å²) in [6, 6.07) is 15.1. The van der Waals surface area contributed by atoms with Crippen LogP contribution < -0.4 is 4.74 Å². The van der Waals surface area contributed by atoms with Gasteiger partial charge in [-0.15, -0.1) is 11.3 Å². The van der Waals surface area contributed by atoms with Gasteiger partial charge in [-0.3, -0.25) is 0 Å². The van der Waals surface area contributed by atoms with Gasteiger partial charge in [-0.05, 0) is 36.4 Å². The summed E-state index contributed by atoms with van der Waals surface area (Å²) in [5, 5.41) is 2.86. The average Bonchev–Trinajstić information content (AvgIpc) is 3.11. The van der Waals surface area contributed by atoms with Crippen LogP contribution in [0.4, 0.5) is 0 Å². The lowest BCUT2D eigenvalue weighted by Crippen LogP contribution is -2.00. The molecule has 0 bridgehead atoms. The highest BCUT2D eigenvalue weighted by atomic mass is 32.1. The molecule has 0 spiro atoms. The molecule has 0 aliphatic heterocycles. The minimum Gasteiger partial charge on any atom is -0.497 e. The van der Waals surface area contributed by atoms with Crippen LogP contribution >= 0.6 is 11.3 Å². The van der Waals surface area contributed by atoms with Gasteiger partial charge in [0, 0.05) is 16.5 Å². The van der Waals surface area contributed by atoms with E-state index in [1.165, 1.54) is 7.11 Å². The number of carbonyl (C=O) groups is 1. The fourth-order valence-corrected chi connectivity index (χ4v) is 3.02. The van der Waals surface area contributed by atoms with E-state index in [-0.39, 0.29) is 5.97 Å². The van der Waals surface area contributed by atoms with Crippen LogP contribution in [0.25, 0.3) is 21.8 Å². The molecule has 0 saturated carbocycles. The van der Waals surface area contributed by atoms with Crippen molar-refractivity contribution in [2.75, 3.05) is 14.2 Å². The van der Waals surface area contributed by atoms with Crippen molar-refractivity contribution < 1.29 is 14.3 Å². The molecule has 0 N–H and O–H groups in total. The zero-order valence-electron chi connectivity index (χ0n) is 12.8. The molecule has 0 unspecified atom stereocenters. The maximum atomic E-state index is 11.6. The van der Waals surface area contributed by atoms with Crippen LogP contribution in [0.3, 0.4) is 0 Å². The van der Waals surface area contributed by atoms with Gasteiger partial charge >= 0.3 is 5.97 Å². The number of rotatable bonds is 4. The lowest BCUT2D eigenvalue weighted by Gasteiger charge is -2.02.